The molecule has 0 saturated carbocycles. The summed E-state index contributed by atoms with van der Waals surface area (Å²) >= 11 is 0. The number of aromatic nitrogens is 1. The molecule has 0 fully saturated rings. The fourth-order valence-corrected chi connectivity index (χ4v) is 2.82. The van der Waals surface area contributed by atoms with Crippen molar-refractivity contribution in [2.45, 2.75) is 20.3 Å². The number of ether oxygens (including phenoxy) is 1. The number of amides is 1. The van der Waals surface area contributed by atoms with Gasteiger partial charge in [0.2, 0.25) is 0 Å². The average Bonchev–Trinajstić information content (AvgIpc) is 2.99. The zero-order valence-corrected chi connectivity index (χ0v) is 14.4. The van der Waals surface area contributed by atoms with E-state index in [1.807, 2.05) is 26.1 Å². The quantitative estimate of drug-likeness (QED) is 0.713. The Kier molecular flexibility index (Phi) is 5.03. The van der Waals surface area contributed by atoms with E-state index in [-0.39, 0.29) is 11.7 Å². The Bertz CT molecular complexity index is 902. The molecule has 4 nitrogen and oxygen atoms in total. The summed E-state index contributed by atoms with van der Waals surface area (Å²) in [4.78, 5) is 15.4. The van der Waals surface area contributed by atoms with Crippen LogP contribution in [-0.2, 0) is 6.42 Å². The van der Waals surface area contributed by atoms with Crippen molar-refractivity contribution in [1.29, 1.82) is 0 Å². The van der Waals surface area contributed by atoms with Crippen LogP contribution < -0.4 is 10.1 Å². The van der Waals surface area contributed by atoms with Crippen molar-refractivity contribution < 1.29 is 13.9 Å². The van der Waals surface area contributed by atoms with Gasteiger partial charge in [-0.05, 0) is 61.7 Å². The standard InChI is InChI=1S/C20H21FN2O2/c1-3-25-19-10-14(5-4-13(19)2)20(24)22-9-8-15-12-23-18-7-6-16(21)11-17(15)18/h4-7,10-12,23H,3,8-9H2,1-2H3,(H,22,24). The lowest BCUT2D eigenvalue weighted by molar-refractivity contribution is 0.0953. The Hall–Kier alpha value is -2.82. The number of H-pyrrole nitrogens is 1. The van der Waals surface area contributed by atoms with Crippen LogP contribution in [0, 0.1) is 12.7 Å². The lowest BCUT2D eigenvalue weighted by atomic mass is 10.1. The summed E-state index contributed by atoms with van der Waals surface area (Å²) in [6, 6.07) is 10.1. The maximum atomic E-state index is 13.4. The van der Waals surface area contributed by atoms with Gasteiger partial charge in [-0.3, -0.25) is 4.79 Å². The number of aryl methyl sites for hydroxylation is 1. The first-order valence-electron chi connectivity index (χ1n) is 8.35. The third-order valence-corrected chi connectivity index (χ3v) is 4.16. The zero-order valence-electron chi connectivity index (χ0n) is 14.4. The summed E-state index contributed by atoms with van der Waals surface area (Å²) < 4.78 is 18.9. The van der Waals surface area contributed by atoms with Gasteiger partial charge >= 0.3 is 0 Å². The number of nitrogens with one attached hydrogen (secondary N) is 2. The van der Waals surface area contributed by atoms with Crippen LogP contribution in [0.2, 0.25) is 0 Å². The normalized spacial score (nSPS) is 10.8. The molecule has 0 spiro atoms. The van der Waals surface area contributed by atoms with Crippen molar-refractivity contribution in [3.8, 4) is 5.75 Å². The lowest BCUT2D eigenvalue weighted by Gasteiger charge is -2.10. The van der Waals surface area contributed by atoms with E-state index in [9.17, 15) is 9.18 Å². The molecule has 0 unspecified atom stereocenters. The van der Waals surface area contributed by atoms with E-state index in [1.165, 1.54) is 12.1 Å². The maximum Gasteiger partial charge on any atom is 0.251 e. The SMILES string of the molecule is CCOc1cc(C(=O)NCCc2c[nH]c3ccc(F)cc23)ccc1C. The van der Waals surface area contributed by atoms with Crippen LogP contribution in [0.15, 0.2) is 42.6 Å². The molecule has 0 atom stereocenters. The largest absolute Gasteiger partial charge is 0.494 e. The fraction of sp³-hybridized carbons (Fsp3) is 0.250. The molecule has 130 valence electrons. The molecule has 1 aromatic heterocycles. The van der Waals surface area contributed by atoms with E-state index in [2.05, 4.69) is 10.3 Å². The number of carbonyl (C=O) groups is 1. The number of aromatic amines is 1. The Balaban J connectivity index is 1.64. The number of carbonyl (C=O) groups excluding carboxylic acids is 1. The molecule has 0 aliphatic heterocycles. The summed E-state index contributed by atoms with van der Waals surface area (Å²) in [5, 5.41) is 3.75. The monoisotopic (exact) mass is 340 g/mol. The van der Waals surface area contributed by atoms with E-state index in [0.29, 0.717) is 25.1 Å². The van der Waals surface area contributed by atoms with E-state index < -0.39 is 0 Å². The van der Waals surface area contributed by atoms with Crippen LogP contribution in [0.1, 0.15) is 28.4 Å². The molecule has 25 heavy (non-hydrogen) atoms. The van der Waals surface area contributed by atoms with E-state index in [1.54, 1.807) is 18.2 Å². The maximum absolute atomic E-state index is 13.4. The molecule has 2 N–H and O–H groups in total. The summed E-state index contributed by atoms with van der Waals surface area (Å²) in [5.41, 5.74) is 3.44. The van der Waals surface area contributed by atoms with Gasteiger partial charge < -0.3 is 15.0 Å². The van der Waals surface area contributed by atoms with Gasteiger partial charge in [0.1, 0.15) is 11.6 Å². The van der Waals surface area contributed by atoms with Gasteiger partial charge in [-0.2, -0.15) is 0 Å². The van der Waals surface area contributed by atoms with Crippen molar-refractivity contribution in [3.63, 3.8) is 0 Å². The van der Waals surface area contributed by atoms with Crippen molar-refractivity contribution in [2.75, 3.05) is 13.2 Å². The second-order valence-electron chi connectivity index (χ2n) is 5.92. The summed E-state index contributed by atoms with van der Waals surface area (Å²) in [6.45, 7) is 4.89. The molecule has 0 aliphatic carbocycles. The van der Waals surface area contributed by atoms with E-state index >= 15 is 0 Å². The molecule has 0 aliphatic rings. The molecule has 3 aromatic rings. The molecule has 1 amide bonds. The van der Waals surface area contributed by atoms with Crippen LogP contribution in [0.4, 0.5) is 4.39 Å². The molecule has 1 heterocycles. The minimum Gasteiger partial charge on any atom is -0.494 e. The molecule has 0 bridgehead atoms. The van der Waals surface area contributed by atoms with Crippen molar-refractivity contribution >= 4 is 16.8 Å². The molecular formula is C20H21FN2O2. The number of hydrogen-bond acceptors (Lipinski definition) is 2. The molecule has 0 radical (unpaired) electrons. The molecule has 0 saturated heterocycles. The second kappa shape index (κ2) is 7.38. The predicted molar refractivity (Wildman–Crippen MR) is 96.6 cm³/mol. The van der Waals surface area contributed by atoms with Gasteiger partial charge in [-0.15, -0.1) is 0 Å². The number of halogens is 1. The first-order valence-corrected chi connectivity index (χ1v) is 8.35. The predicted octanol–water partition coefficient (Wildman–Crippen LogP) is 3.99. The van der Waals surface area contributed by atoms with Gasteiger partial charge in [0.05, 0.1) is 6.61 Å². The Morgan fingerprint density at radius 3 is 2.88 bits per heavy atom. The highest BCUT2D eigenvalue weighted by molar-refractivity contribution is 5.94. The van der Waals surface area contributed by atoms with Gasteiger partial charge in [0.25, 0.3) is 5.91 Å². The minimum atomic E-state index is -0.263. The number of hydrogen-bond donors (Lipinski definition) is 2. The van der Waals surface area contributed by atoms with Gasteiger partial charge in [0.15, 0.2) is 0 Å². The van der Waals surface area contributed by atoms with Gasteiger partial charge in [0, 0.05) is 29.2 Å². The average molecular weight is 340 g/mol. The van der Waals surface area contributed by atoms with Crippen LogP contribution in [0.3, 0.4) is 0 Å². The first kappa shape index (κ1) is 17.0. The van der Waals surface area contributed by atoms with Gasteiger partial charge in [-0.25, -0.2) is 4.39 Å². The fourth-order valence-electron chi connectivity index (χ4n) is 2.82. The van der Waals surface area contributed by atoms with Crippen molar-refractivity contribution in [1.82, 2.24) is 10.3 Å². The van der Waals surface area contributed by atoms with Crippen LogP contribution in [0.5, 0.6) is 5.75 Å². The van der Waals surface area contributed by atoms with Gasteiger partial charge in [-0.1, -0.05) is 6.07 Å². The van der Waals surface area contributed by atoms with Crippen LogP contribution in [0.25, 0.3) is 10.9 Å². The van der Waals surface area contributed by atoms with E-state index in [4.69, 9.17) is 4.74 Å². The first-order chi connectivity index (χ1) is 12.1. The zero-order chi connectivity index (χ0) is 17.8. The smallest absolute Gasteiger partial charge is 0.251 e. The topological polar surface area (TPSA) is 54.1 Å². The lowest BCUT2D eigenvalue weighted by Crippen LogP contribution is -2.25. The Morgan fingerprint density at radius 2 is 2.08 bits per heavy atom. The van der Waals surface area contributed by atoms with Crippen LogP contribution >= 0.6 is 0 Å². The molecule has 2 aromatic carbocycles. The minimum absolute atomic E-state index is 0.146. The molecule has 5 heteroatoms. The molecular weight excluding hydrogens is 319 g/mol. The van der Waals surface area contributed by atoms with Crippen molar-refractivity contribution in [2.24, 2.45) is 0 Å². The number of fused-ring (bicyclic) bond motifs is 1. The number of benzene rings is 2. The second-order valence-corrected chi connectivity index (χ2v) is 5.92. The third-order valence-electron chi connectivity index (χ3n) is 4.16. The Labute approximate surface area is 146 Å². The van der Waals surface area contributed by atoms with Crippen molar-refractivity contribution in [3.05, 3.63) is 65.1 Å². The number of rotatable bonds is 6. The van der Waals surface area contributed by atoms with Crippen LogP contribution in [-0.4, -0.2) is 24.0 Å². The Morgan fingerprint density at radius 1 is 1.24 bits per heavy atom. The highest BCUT2D eigenvalue weighted by atomic mass is 19.1. The molecule has 3 rings (SSSR count). The van der Waals surface area contributed by atoms with E-state index in [0.717, 1.165) is 27.8 Å². The summed E-state index contributed by atoms with van der Waals surface area (Å²) in [6.07, 6.45) is 2.48. The summed E-state index contributed by atoms with van der Waals surface area (Å²) in [7, 11) is 0. The third kappa shape index (κ3) is 3.82. The summed E-state index contributed by atoms with van der Waals surface area (Å²) in [5.74, 6) is 0.315. The highest BCUT2D eigenvalue weighted by Gasteiger charge is 2.10. The highest BCUT2D eigenvalue weighted by Crippen LogP contribution is 2.21.